The van der Waals surface area contributed by atoms with Crippen molar-refractivity contribution >= 4 is 11.0 Å². The molecule has 2 aromatic rings. The summed E-state index contributed by atoms with van der Waals surface area (Å²) in [6.45, 7) is 8.52. The van der Waals surface area contributed by atoms with E-state index in [0.717, 1.165) is 16.7 Å². The molecule has 0 aliphatic rings. The SMILES string of the molecule is Cc1cccc2nc(C(C)(C)C)cnc12. The van der Waals surface area contributed by atoms with Crippen LogP contribution in [0.1, 0.15) is 32.0 Å². The smallest absolute Gasteiger partial charge is 0.0916 e. The van der Waals surface area contributed by atoms with E-state index in [2.05, 4.69) is 43.7 Å². The summed E-state index contributed by atoms with van der Waals surface area (Å²) in [6.07, 6.45) is 1.88. The number of nitrogens with zero attached hydrogens (tertiary/aromatic N) is 2. The molecule has 0 radical (unpaired) electrons. The minimum atomic E-state index is 0.0605. The first kappa shape index (κ1) is 10.1. The molecule has 0 bridgehead atoms. The standard InChI is InChI=1S/C13H16N2/c1-9-6-5-7-10-12(9)14-8-11(15-10)13(2,3)4/h5-8H,1-4H3. The van der Waals surface area contributed by atoms with Crippen LogP contribution in [-0.4, -0.2) is 9.97 Å². The Kier molecular flexibility index (Phi) is 2.22. The Bertz CT molecular complexity index is 495. The lowest BCUT2D eigenvalue weighted by molar-refractivity contribution is 0.568. The van der Waals surface area contributed by atoms with E-state index in [1.54, 1.807) is 0 Å². The summed E-state index contributed by atoms with van der Waals surface area (Å²) < 4.78 is 0. The van der Waals surface area contributed by atoms with Gasteiger partial charge in [-0.05, 0) is 18.6 Å². The Morgan fingerprint density at radius 1 is 1.13 bits per heavy atom. The Morgan fingerprint density at radius 3 is 2.53 bits per heavy atom. The maximum Gasteiger partial charge on any atom is 0.0916 e. The zero-order chi connectivity index (χ0) is 11.1. The fraction of sp³-hybridized carbons (Fsp3) is 0.385. The molecule has 0 unspecified atom stereocenters. The molecular weight excluding hydrogens is 184 g/mol. The number of para-hydroxylation sites is 1. The molecule has 2 rings (SSSR count). The summed E-state index contributed by atoms with van der Waals surface area (Å²) in [7, 11) is 0. The summed E-state index contributed by atoms with van der Waals surface area (Å²) in [6, 6.07) is 6.11. The summed E-state index contributed by atoms with van der Waals surface area (Å²) in [4.78, 5) is 9.13. The zero-order valence-corrected chi connectivity index (χ0v) is 9.70. The predicted molar refractivity (Wildman–Crippen MR) is 63.0 cm³/mol. The van der Waals surface area contributed by atoms with E-state index in [4.69, 9.17) is 0 Å². The lowest BCUT2D eigenvalue weighted by atomic mass is 9.92. The van der Waals surface area contributed by atoms with Gasteiger partial charge in [-0.25, -0.2) is 4.98 Å². The first-order valence-corrected chi connectivity index (χ1v) is 5.21. The van der Waals surface area contributed by atoms with Crippen LogP contribution in [0.5, 0.6) is 0 Å². The highest BCUT2D eigenvalue weighted by atomic mass is 14.8. The van der Waals surface area contributed by atoms with Gasteiger partial charge in [0.05, 0.1) is 16.7 Å². The minimum absolute atomic E-state index is 0.0605. The van der Waals surface area contributed by atoms with Crippen molar-refractivity contribution in [2.45, 2.75) is 33.1 Å². The average molecular weight is 200 g/mol. The molecule has 0 N–H and O–H groups in total. The van der Waals surface area contributed by atoms with Crippen molar-refractivity contribution in [1.82, 2.24) is 9.97 Å². The van der Waals surface area contributed by atoms with E-state index >= 15 is 0 Å². The molecule has 0 amide bonds. The van der Waals surface area contributed by atoms with Crippen LogP contribution in [0.15, 0.2) is 24.4 Å². The summed E-state index contributed by atoms with van der Waals surface area (Å²) in [5, 5.41) is 0. The number of hydrogen-bond donors (Lipinski definition) is 0. The van der Waals surface area contributed by atoms with Crippen LogP contribution in [0.2, 0.25) is 0 Å². The Balaban J connectivity index is 2.68. The van der Waals surface area contributed by atoms with E-state index in [1.165, 1.54) is 5.56 Å². The maximum absolute atomic E-state index is 4.64. The largest absolute Gasteiger partial charge is 0.252 e. The molecule has 0 fully saturated rings. The van der Waals surface area contributed by atoms with Crippen molar-refractivity contribution in [3.8, 4) is 0 Å². The quantitative estimate of drug-likeness (QED) is 0.652. The van der Waals surface area contributed by atoms with Gasteiger partial charge in [-0.3, -0.25) is 4.98 Å². The van der Waals surface area contributed by atoms with E-state index in [9.17, 15) is 0 Å². The third kappa shape index (κ3) is 1.84. The van der Waals surface area contributed by atoms with E-state index < -0.39 is 0 Å². The molecule has 78 valence electrons. The fourth-order valence-corrected chi connectivity index (χ4v) is 1.55. The zero-order valence-electron chi connectivity index (χ0n) is 9.70. The highest BCUT2D eigenvalue weighted by Crippen LogP contribution is 2.22. The lowest BCUT2D eigenvalue weighted by Crippen LogP contribution is -2.14. The van der Waals surface area contributed by atoms with Gasteiger partial charge in [-0.15, -0.1) is 0 Å². The second-order valence-electron chi connectivity index (χ2n) is 4.95. The molecule has 1 aromatic heterocycles. The van der Waals surface area contributed by atoms with Gasteiger partial charge < -0.3 is 0 Å². The van der Waals surface area contributed by atoms with Crippen molar-refractivity contribution < 1.29 is 0 Å². The van der Waals surface area contributed by atoms with Crippen molar-refractivity contribution in [2.75, 3.05) is 0 Å². The second-order valence-corrected chi connectivity index (χ2v) is 4.95. The van der Waals surface area contributed by atoms with Gasteiger partial charge in [0.1, 0.15) is 0 Å². The van der Waals surface area contributed by atoms with Gasteiger partial charge in [0.2, 0.25) is 0 Å². The summed E-state index contributed by atoms with van der Waals surface area (Å²) in [5.41, 5.74) is 4.28. The van der Waals surface area contributed by atoms with Crippen molar-refractivity contribution in [1.29, 1.82) is 0 Å². The van der Waals surface area contributed by atoms with Crippen LogP contribution in [0.25, 0.3) is 11.0 Å². The molecule has 0 atom stereocenters. The van der Waals surface area contributed by atoms with Gasteiger partial charge >= 0.3 is 0 Å². The highest BCUT2D eigenvalue weighted by Gasteiger charge is 2.16. The van der Waals surface area contributed by atoms with Gasteiger partial charge in [0.25, 0.3) is 0 Å². The highest BCUT2D eigenvalue weighted by molar-refractivity contribution is 5.77. The van der Waals surface area contributed by atoms with Gasteiger partial charge in [0.15, 0.2) is 0 Å². The van der Waals surface area contributed by atoms with Crippen molar-refractivity contribution in [3.05, 3.63) is 35.7 Å². The van der Waals surface area contributed by atoms with Gasteiger partial charge in [-0.1, -0.05) is 32.9 Å². The fourth-order valence-electron chi connectivity index (χ4n) is 1.55. The van der Waals surface area contributed by atoms with Crippen LogP contribution < -0.4 is 0 Å². The number of aromatic nitrogens is 2. The van der Waals surface area contributed by atoms with Crippen molar-refractivity contribution in [3.63, 3.8) is 0 Å². The van der Waals surface area contributed by atoms with E-state index in [0.29, 0.717) is 0 Å². The minimum Gasteiger partial charge on any atom is -0.252 e. The third-order valence-corrected chi connectivity index (χ3v) is 2.54. The van der Waals surface area contributed by atoms with Gasteiger partial charge in [0, 0.05) is 11.6 Å². The van der Waals surface area contributed by atoms with Gasteiger partial charge in [-0.2, -0.15) is 0 Å². The molecule has 1 aromatic carbocycles. The Morgan fingerprint density at radius 2 is 1.87 bits per heavy atom. The Hall–Kier alpha value is -1.44. The molecule has 1 heterocycles. The molecule has 15 heavy (non-hydrogen) atoms. The normalized spacial score (nSPS) is 12.0. The predicted octanol–water partition coefficient (Wildman–Crippen LogP) is 3.24. The number of hydrogen-bond acceptors (Lipinski definition) is 2. The first-order valence-electron chi connectivity index (χ1n) is 5.21. The number of aryl methyl sites for hydroxylation is 1. The molecule has 0 saturated heterocycles. The molecule has 0 spiro atoms. The molecule has 0 saturated carbocycles. The molecule has 2 nitrogen and oxygen atoms in total. The topological polar surface area (TPSA) is 25.8 Å². The van der Waals surface area contributed by atoms with Crippen LogP contribution in [0, 0.1) is 6.92 Å². The van der Waals surface area contributed by atoms with Crippen LogP contribution in [0.3, 0.4) is 0 Å². The van der Waals surface area contributed by atoms with Crippen LogP contribution >= 0.6 is 0 Å². The number of fused-ring (bicyclic) bond motifs is 1. The van der Waals surface area contributed by atoms with Crippen LogP contribution in [0.4, 0.5) is 0 Å². The monoisotopic (exact) mass is 200 g/mol. The number of benzene rings is 1. The van der Waals surface area contributed by atoms with E-state index in [1.807, 2.05) is 18.3 Å². The maximum atomic E-state index is 4.64. The molecular formula is C13H16N2. The summed E-state index contributed by atoms with van der Waals surface area (Å²) >= 11 is 0. The van der Waals surface area contributed by atoms with Crippen LogP contribution in [-0.2, 0) is 5.41 Å². The summed E-state index contributed by atoms with van der Waals surface area (Å²) in [5.74, 6) is 0. The van der Waals surface area contributed by atoms with E-state index in [-0.39, 0.29) is 5.41 Å². The third-order valence-electron chi connectivity index (χ3n) is 2.54. The second kappa shape index (κ2) is 3.30. The lowest BCUT2D eigenvalue weighted by Gasteiger charge is -2.17. The van der Waals surface area contributed by atoms with Crippen molar-refractivity contribution in [2.24, 2.45) is 0 Å². The Labute approximate surface area is 90.4 Å². The molecule has 2 heteroatoms. The number of rotatable bonds is 0. The first-order chi connectivity index (χ1) is 6.98. The molecule has 0 aliphatic heterocycles. The average Bonchev–Trinajstić information content (AvgIpc) is 2.16. The molecule has 0 aliphatic carbocycles.